The maximum absolute atomic E-state index is 7.23. The summed E-state index contributed by atoms with van der Waals surface area (Å²) >= 11 is 0. The third kappa shape index (κ3) is 2.24. The summed E-state index contributed by atoms with van der Waals surface area (Å²) in [6.07, 6.45) is 0. The SMILES string of the molecule is CC1=CP(c2ccccc2)(c2ccccc2)(c2ccccc2)OC1(C)C. The topological polar surface area (TPSA) is 9.23 Å². The molecule has 3 aromatic carbocycles. The Balaban J connectivity index is 2.21. The predicted octanol–water partition coefficient (Wildman–Crippen LogP) is 5.14. The van der Waals surface area contributed by atoms with Crippen molar-refractivity contribution in [2.75, 3.05) is 0 Å². The molecule has 1 nitrogen and oxygen atoms in total. The first-order chi connectivity index (χ1) is 12.5. The van der Waals surface area contributed by atoms with E-state index < -0.39 is 6.83 Å². The Morgan fingerprint density at radius 2 is 0.962 bits per heavy atom. The third-order valence-corrected chi connectivity index (χ3v) is 11.3. The van der Waals surface area contributed by atoms with Crippen LogP contribution in [0, 0.1) is 0 Å². The van der Waals surface area contributed by atoms with E-state index in [1.807, 2.05) is 0 Å². The Bertz CT molecular complexity index is 844. The summed E-state index contributed by atoms with van der Waals surface area (Å²) in [7, 11) is 0. The molecule has 0 fully saturated rings. The number of rotatable bonds is 3. The monoisotopic (exact) mass is 360 g/mol. The van der Waals surface area contributed by atoms with Crippen LogP contribution in [0.4, 0.5) is 0 Å². The van der Waals surface area contributed by atoms with Gasteiger partial charge in [-0.15, -0.1) is 0 Å². The number of benzene rings is 3. The van der Waals surface area contributed by atoms with Crippen LogP contribution >= 0.6 is 6.83 Å². The summed E-state index contributed by atoms with van der Waals surface area (Å²) in [5, 5.41) is 3.75. The van der Waals surface area contributed by atoms with Gasteiger partial charge in [0.25, 0.3) is 0 Å². The third-order valence-electron chi connectivity index (χ3n) is 5.61. The molecule has 1 aliphatic heterocycles. The Morgan fingerprint density at radius 1 is 0.615 bits per heavy atom. The van der Waals surface area contributed by atoms with Crippen LogP contribution in [0.1, 0.15) is 20.8 Å². The average Bonchev–Trinajstić information content (AvgIpc) is 2.92. The first-order valence-electron chi connectivity index (χ1n) is 9.09. The number of hydrogen-bond donors (Lipinski definition) is 0. The van der Waals surface area contributed by atoms with Gasteiger partial charge < -0.3 is 0 Å². The normalized spacial score (nSPS) is 21.3. The van der Waals surface area contributed by atoms with E-state index in [1.165, 1.54) is 21.5 Å². The van der Waals surface area contributed by atoms with E-state index in [0.717, 1.165) is 0 Å². The van der Waals surface area contributed by atoms with E-state index in [4.69, 9.17) is 4.52 Å². The molecular weight excluding hydrogens is 335 g/mol. The molecule has 4 rings (SSSR count). The molecule has 0 atom stereocenters. The number of hydrogen-bond acceptors (Lipinski definition) is 1. The second-order valence-electron chi connectivity index (χ2n) is 7.52. The van der Waals surface area contributed by atoms with Gasteiger partial charge in [0.15, 0.2) is 0 Å². The van der Waals surface area contributed by atoms with E-state index in [-0.39, 0.29) is 5.60 Å². The molecule has 0 spiro atoms. The molecule has 0 aromatic heterocycles. The summed E-state index contributed by atoms with van der Waals surface area (Å²) in [4.78, 5) is 0. The first-order valence-corrected chi connectivity index (χ1v) is 11.3. The van der Waals surface area contributed by atoms with E-state index in [0.29, 0.717) is 0 Å². The van der Waals surface area contributed by atoms with Gasteiger partial charge in [-0.1, -0.05) is 0 Å². The standard InChI is InChI=1S/C24H25OP/c1-20-19-26(25-24(20,2)3,21-13-7-4-8-14-21,22-15-9-5-10-16-22)23-17-11-6-12-18-23/h4-19H,1-3H3. The van der Waals surface area contributed by atoms with Gasteiger partial charge in [-0.3, -0.25) is 0 Å². The Morgan fingerprint density at radius 3 is 1.23 bits per heavy atom. The van der Waals surface area contributed by atoms with Crippen molar-refractivity contribution in [1.82, 2.24) is 0 Å². The molecule has 0 N–H and O–H groups in total. The Labute approximate surface area is 156 Å². The van der Waals surface area contributed by atoms with Gasteiger partial charge in [0.1, 0.15) is 0 Å². The molecule has 26 heavy (non-hydrogen) atoms. The fraction of sp³-hybridized carbons (Fsp3) is 0.167. The molecule has 0 saturated carbocycles. The summed E-state index contributed by atoms with van der Waals surface area (Å²) in [5.41, 5.74) is 0.964. The molecule has 1 heterocycles. The van der Waals surface area contributed by atoms with Crippen molar-refractivity contribution >= 4 is 22.7 Å². The molecular formula is C24H25OP. The fourth-order valence-electron chi connectivity index (χ4n) is 4.10. The van der Waals surface area contributed by atoms with E-state index >= 15 is 0 Å². The average molecular weight is 360 g/mol. The van der Waals surface area contributed by atoms with Crippen molar-refractivity contribution in [1.29, 1.82) is 0 Å². The van der Waals surface area contributed by atoms with E-state index in [1.54, 1.807) is 0 Å². The zero-order chi connectivity index (χ0) is 18.3. The zero-order valence-corrected chi connectivity index (χ0v) is 16.5. The van der Waals surface area contributed by atoms with E-state index in [2.05, 4.69) is 118 Å². The molecule has 0 radical (unpaired) electrons. The summed E-state index contributed by atoms with van der Waals surface area (Å²) in [6.45, 7) is 3.38. The second-order valence-corrected chi connectivity index (χ2v) is 11.7. The van der Waals surface area contributed by atoms with Crippen molar-refractivity contribution in [3.63, 3.8) is 0 Å². The van der Waals surface area contributed by atoms with Gasteiger partial charge in [-0.2, -0.15) is 0 Å². The van der Waals surface area contributed by atoms with Crippen molar-refractivity contribution in [3.8, 4) is 0 Å². The van der Waals surface area contributed by atoms with Crippen molar-refractivity contribution in [3.05, 3.63) is 102 Å². The Hall–Kier alpha value is -2.21. The van der Waals surface area contributed by atoms with Crippen molar-refractivity contribution in [2.24, 2.45) is 0 Å². The van der Waals surface area contributed by atoms with Crippen molar-refractivity contribution in [2.45, 2.75) is 26.4 Å². The maximum atomic E-state index is 7.23. The fourth-order valence-corrected chi connectivity index (χ4v) is 10.2. The minimum absolute atomic E-state index is 0.320. The van der Waals surface area contributed by atoms with Gasteiger partial charge in [0, 0.05) is 0 Å². The first kappa shape index (κ1) is 17.2. The van der Waals surface area contributed by atoms with Crippen LogP contribution in [0.25, 0.3) is 0 Å². The van der Waals surface area contributed by atoms with Gasteiger partial charge in [0.2, 0.25) is 0 Å². The quantitative estimate of drug-likeness (QED) is 0.588. The van der Waals surface area contributed by atoms with Crippen LogP contribution in [0.15, 0.2) is 102 Å². The van der Waals surface area contributed by atoms with Crippen LogP contribution < -0.4 is 15.9 Å². The molecule has 2 heteroatoms. The molecule has 0 bridgehead atoms. The summed E-state index contributed by atoms with van der Waals surface area (Å²) in [5.74, 6) is 2.45. The summed E-state index contributed by atoms with van der Waals surface area (Å²) in [6, 6.07) is 32.3. The zero-order valence-electron chi connectivity index (χ0n) is 15.6. The molecule has 0 aliphatic carbocycles. The Kier molecular flexibility index (Phi) is 3.91. The van der Waals surface area contributed by atoms with Gasteiger partial charge in [-0.05, 0) is 0 Å². The molecule has 0 unspecified atom stereocenters. The summed E-state index contributed by atoms with van der Waals surface area (Å²) < 4.78 is 7.23. The van der Waals surface area contributed by atoms with Crippen molar-refractivity contribution < 1.29 is 4.52 Å². The van der Waals surface area contributed by atoms with Gasteiger partial charge in [0.05, 0.1) is 0 Å². The van der Waals surface area contributed by atoms with Crippen LogP contribution in [0.2, 0.25) is 0 Å². The van der Waals surface area contributed by atoms with Gasteiger partial charge in [-0.25, -0.2) is 0 Å². The molecule has 0 amide bonds. The predicted molar refractivity (Wildman–Crippen MR) is 114 cm³/mol. The molecule has 132 valence electrons. The van der Waals surface area contributed by atoms with Crippen LogP contribution in [-0.4, -0.2) is 5.60 Å². The molecule has 3 aromatic rings. The second kappa shape index (κ2) is 5.91. The minimum atomic E-state index is -3.18. The van der Waals surface area contributed by atoms with Crippen LogP contribution in [0.3, 0.4) is 0 Å². The van der Waals surface area contributed by atoms with Gasteiger partial charge >= 0.3 is 156 Å². The van der Waals surface area contributed by atoms with Crippen LogP contribution in [0.5, 0.6) is 0 Å². The molecule has 1 aliphatic rings. The van der Waals surface area contributed by atoms with E-state index in [9.17, 15) is 0 Å². The molecule has 0 saturated heterocycles. The van der Waals surface area contributed by atoms with Crippen LogP contribution in [-0.2, 0) is 4.52 Å².